The van der Waals surface area contributed by atoms with Gasteiger partial charge in [-0.2, -0.15) is 0 Å². The average molecular weight is 466 g/mol. The molecule has 1 aliphatic heterocycles. The van der Waals surface area contributed by atoms with E-state index in [0.717, 1.165) is 60.1 Å². The van der Waals surface area contributed by atoms with E-state index >= 15 is 0 Å². The van der Waals surface area contributed by atoms with Gasteiger partial charge >= 0.3 is 0 Å². The van der Waals surface area contributed by atoms with Crippen LogP contribution in [0.3, 0.4) is 0 Å². The molecule has 0 spiro atoms. The lowest BCUT2D eigenvalue weighted by Crippen LogP contribution is -2.38. The summed E-state index contributed by atoms with van der Waals surface area (Å²) in [6.45, 7) is 9.29. The highest BCUT2D eigenvalue weighted by Crippen LogP contribution is 2.33. The van der Waals surface area contributed by atoms with Gasteiger partial charge < -0.3 is 24.0 Å². The fourth-order valence-electron chi connectivity index (χ4n) is 4.31. The normalized spacial score (nSPS) is 15.0. The summed E-state index contributed by atoms with van der Waals surface area (Å²) in [7, 11) is 0. The molecular formula is C27H35N3O4. The molecule has 1 atom stereocenters. The van der Waals surface area contributed by atoms with Crippen molar-refractivity contribution < 1.29 is 19.1 Å². The Morgan fingerprint density at radius 1 is 1.09 bits per heavy atom. The van der Waals surface area contributed by atoms with Gasteiger partial charge in [-0.1, -0.05) is 60.6 Å². The zero-order valence-corrected chi connectivity index (χ0v) is 20.2. The van der Waals surface area contributed by atoms with Crippen molar-refractivity contribution in [3.63, 3.8) is 0 Å². The smallest absolute Gasteiger partial charge is 0.232 e. The molecule has 0 bridgehead atoms. The number of aromatic nitrogens is 1. The van der Waals surface area contributed by atoms with Gasteiger partial charge in [-0.05, 0) is 31.5 Å². The van der Waals surface area contributed by atoms with Crippen molar-refractivity contribution in [2.75, 3.05) is 50.9 Å². The Bertz CT molecular complexity index is 1020. The lowest BCUT2D eigenvalue weighted by molar-refractivity contribution is 0.0653. The minimum atomic E-state index is -0.613. The number of morpholine rings is 1. The second-order valence-corrected chi connectivity index (χ2v) is 8.75. The Morgan fingerprint density at radius 3 is 2.56 bits per heavy atom. The number of anilines is 1. The van der Waals surface area contributed by atoms with E-state index in [-0.39, 0.29) is 6.61 Å². The molecule has 0 saturated carbocycles. The van der Waals surface area contributed by atoms with Crippen LogP contribution < -0.4 is 9.64 Å². The summed E-state index contributed by atoms with van der Waals surface area (Å²) in [5.74, 6) is 1.61. The summed E-state index contributed by atoms with van der Waals surface area (Å²) < 4.78 is 17.3. The zero-order chi connectivity index (χ0) is 23.8. The molecule has 7 heteroatoms. The zero-order valence-electron chi connectivity index (χ0n) is 20.2. The number of aliphatic hydroxyl groups is 1. The SMILES string of the molecule is CCCN(Cc1c(-c2ccccc2)noc1N1CCOCC1)CC(O)COc1ccccc1C. The van der Waals surface area contributed by atoms with Crippen LogP contribution in [-0.2, 0) is 11.3 Å². The fourth-order valence-corrected chi connectivity index (χ4v) is 4.31. The number of hydrogen-bond acceptors (Lipinski definition) is 7. The molecule has 1 aromatic heterocycles. The fraction of sp³-hybridized carbons (Fsp3) is 0.444. The molecule has 7 nitrogen and oxygen atoms in total. The monoisotopic (exact) mass is 465 g/mol. The highest BCUT2D eigenvalue weighted by molar-refractivity contribution is 5.68. The summed E-state index contributed by atoms with van der Waals surface area (Å²) in [6, 6.07) is 18.0. The molecule has 4 rings (SSSR count). The highest BCUT2D eigenvalue weighted by atomic mass is 16.5. The molecular weight excluding hydrogens is 430 g/mol. The van der Waals surface area contributed by atoms with Crippen molar-refractivity contribution in [1.29, 1.82) is 0 Å². The van der Waals surface area contributed by atoms with Gasteiger partial charge in [0.05, 0.1) is 18.8 Å². The predicted molar refractivity (Wildman–Crippen MR) is 133 cm³/mol. The Balaban J connectivity index is 1.51. The number of benzene rings is 2. The van der Waals surface area contributed by atoms with Crippen molar-refractivity contribution in [3.05, 3.63) is 65.7 Å². The van der Waals surface area contributed by atoms with Gasteiger partial charge in [0, 0.05) is 31.7 Å². The van der Waals surface area contributed by atoms with E-state index in [4.69, 9.17) is 14.0 Å². The van der Waals surface area contributed by atoms with Crippen molar-refractivity contribution in [3.8, 4) is 17.0 Å². The number of rotatable bonds is 11. The molecule has 0 aliphatic carbocycles. The molecule has 34 heavy (non-hydrogen) atoms. The van der Waals surface area contributed by atoms with E-state index in [0.29, 0.717) is 26.3 Å². The minimum absolute atomic E-state index is 0.247. The highest BCUT2D eigenvalue weighted by Gasteiger charge is 2.26. The van der Waals surface area contributed by atoms with E-state index in [1.807, 2.05) is 49.4 Å². The molecule has 182 valence electrons. The Labute approximate surface area is 201 Å². The summed E-state index contributed by atoms with van der Waals surface area (Å²) in [5, 5.41) is 15.3. The first-order valence-electron chi connectivity index (χ1n) is 12.1. The Hall–Kier alpha value is -2.87. The standard InChI is InChI=1S/C27H35N3O4/c1-3-13-29(18-23(31)20-33-25-12-8-7-9-21(25)2)19-24-26(22-10-5-4-6-11-22)28-34-27(24)30-14-16-32-17-15-30/h4-12,23,31H,3,13-20H2,1-2H3. The first kappa shape index (κ1) is 24.3. The number of para-hydroxylation sites is 1. The summed E-state index contributed by atoms with van der Waals surface area (Å²) in [5.41, 5.74) is 4.00. The summed E-state index contributed by atoms with van der Waals surface area (Å²) >= 11 is 0. The largest absolute Gasteiger partial charge is 0.491 e. The third-order valence-corrected chi connectivity index (χ3v) is 6.03. The van der Waals surface area contributed by atoms with Crippen LogP contribution in [0.15, 0.2) is 59.1 Å². The maximum atomic E-state index is 10.8. The number of nitrogens with zero attached hydrogens (tertiary/aromatic N) is 3. The molecule has 1 fully saturated rings. The van der Waals surface area contributed by atoms with Crippen molar-refractivity contribution in [2.24, 2.45) is 0 Å². The molecule has 1 saturated heterocycles. The van der Waals surface area contributed by atoms with Crippen LogP contribution >= 0.6 is 0 Å². The second kappa shape index (κ2) is 12.0. The molecule has 1 aliphatic rings. The van der Waals surface area contributed by atoms with Gasteiger partial charge in [-0.3, -0.25) is 4.90 Å². The number of aryl methyl sites for hydroxylation is 1. The predicted octanol–water partition coefficient (Wildman–Crippen LogP) is 4.14. The van der Waals surface area contributed by atoms with Crippen LogP contribution in [-0.4, -0.2) is 67.3 Å². The molecule has 1 unspecified atom stereocenters. The van der Waals surface area contributed by atoms with Gasteiger partial charge in [-0.15, -0.1) is 0 Å². The summed E-state index contributed by atoms with van der Waals surface area (Å²) in [6.07, 6.45) is 0.363. The number of aliphatic hydroxyl groups excluding tert-OH is 1. The molecule has 0 radical (unpaired) electrons. The van der Waals surface area contributed by atoms with Crippen LogP contribution in [0.1, 0.15) is 24.5 Å². The second-order valence-electron chi connectivity index (χ2n) is 8.75. The van der Waals surface area contributed by atoms with Crippen molar-refractivity contribution in [1.82, 2.24) is 10.1 Å². The molecule has 1 N–H and O–H groups in total. The molecule has 3 aromatic rings. The van der Waals surface area contributed by atoms with Crippen molar-refractivity contribution in [2.45, 2.75) is 32.9 Å². The van der Waals surface area contributed by atoms with Crippen LogP contribution in [0, 0.1) is 6.92 Å². The number of hydrogen-bond donors (Lipinski definition) is 1. The minimum Gasteiger partial charge on any atom is -0.491 e. The third kappa shape index (κ3) is 6.17. The topological polar surface area (TPSA) is 71.2 Å². The lowest BCUT2D eigenvalue weighted by atomic mass is 10.1. The van der Waals surface area contributed by atoms with Gasteiger partial charge in [0.2, 0.25) is 5.88 Å². The van der Waals surface area contributed by atoms with E-state index in [2.05, 4.69) is 34.0 Å². The maximum absolute atomic E-state index is 10.8. The van der Waals surface area contributed by atoms with Gasteiger partial charge in [0.15, 0.2) is 0 Å². The maximum Gasteiger partial charge on any atom is 0.232 e. The first-order chi connectivity index (χ1) is 16.7. The van der Waals surface area contributed by atoms with Gasteiger partial charge in [0.25, 0.3) is 0 Å². The summed E-state index contributed by atoms with van der Waals surface area (Å²) in [4.78, 5) is 4.47. The van der Waals surface area contributed by atoms with Gasteiger partial charge in [0.1, 0.15) is 24.2 Å². The molecule has 0 amide bonds. The lowest BCUT2D eigenvalue weighted by Gasteiger charge is -2.29. The van der Waals surface area contributed by atoms with Crippen LogP contribution in [0.4, 0.5) is 5.88 Å². The van der Waals surface area contributed by atoms with E-state index in [1.165, 1.54) is 0 Å². The van der Waals surface area contributed by atoms with Crippen LogP contribution in [0.2, 0.25) is 0 Å². The van der Waals surface area contributed by atoms with Crippen LogP contribution in [0.5, 0.6) is 5.75 Å². The van der Waals surface area contributed by atoms with Crippen molar-refractivity contribution >= 4 is 5.88 Å². The molecule has 2 aromatic carbocycles. The molecule has 2 heterocycles. The quantitative estimate of drug-likeness (QED) is 0.456. The Kier molecular flexibility index (Phi) is 8.57. The van der Waals surface area contributed by atoms with Gasteiger partial charge in [-0.25, -0.2) is 0 Å². The van der Waals surface area contributed by atoms with E-state index < -0.39 is 6.10 Å². The van der Waals surface area contributed by atoms with Crippen LogP contribution in [0.25, 0.3) is 11.3 Å². The van der Waals surface area contributed by atoms with E-state index in [9.17, 15) is 5.11 Å². The average Bonchev–Trinajstić information content (AvgIpc) is 3.28. The first-order valence-corrected chi connectivity index (χ1v) is 12.1. The third-order valence-electron chi connectivity index (χ3n) is 6.03. The van der Waals surface area contributed by atoms with E-state index in [1.54, 1.807) is 0 Å². The number of ether oxygens (including phenoxy) is 2. The Morgan fingerprint density at radius 2 is 1.82 bits per heavy atom.